The van der Waals surface area contributed by atoms with E-state index in [9.17, 15) is 4.79 Å². The van der Waals surface area contributed by atoms with E-state index in [-0.39, 0.29) is 5.91 Å². The molecule has 0 saturated carbocycles. The third-order valence-corrected chi connectivity index (χ3v) is 3.92. The number of primary amides is 1. The smallest absolute Gasteiger partial charge is 0.248 e. The molecule has 1 aromatic carbocycles. The van der Waals surface area contributed by atoms with Crippen LogP contribution in [0.4, 0.5) is 0 Å². The van der Waals surface area contributed by atoms with Gasteiger partial charge in [-0.15, -0.1) is 0 Å². The summed E-state index contributed by atoms with van der Waals surface area (Å²) in [5, 5.41) is 3.53. The predicted molar refractivity (Wildman–Crippen MR) is 84.7 cm³/mol. The van der Waals surface area contributed by atoms with Crippen LogP contribution in [-0.4, -0.2) is 12.5 Å². The fraction of sp³-hybridized carbons (Fsp3) is 0.588. The van der Waals surface area contributed by atoms with Crippen LogP contribution in [-0.2, 0) is 6.54 Å². The van der Waals surface area contributed by atoms with E-state index in [0.29, 0.717) is 5.56 Å². The van der Waals surface area contributed by atoms with Gasteiger partial charge in [-0.3, -0.25) is 4.79 Å². The minimum Gasteiger partial charge on any atom is -0.366 e. The molecule has 0 saturated heterocycles. The van der Waals surface area contributed by atoms with Crippen molar-refractivity contribution in [3.05, 3.63) is 34.9 Å². The molecular weight excluding hydrogens is 248 g/mol. The average Bonchev–Trinajstić information content (AvgIpc) is 2.43. The molecule has 3 nitrogen and oxygen atoms in total. The lowest BCUT2D eigenvalue weighted by Crippen LogP contribution is -2.22. The van der Waals surface area contributed by atoms with Gasteiger partial charge < -0.3 is 11.1 Å². The highest BCUT2D eigenvalue weighted by molar-refractivity contribution is 5.93. The Morgan fingerprint density at radius 2 is 2.10 bits per heavy atom. The molecule has 1 amide bonds. The molecule has 0 heterocycles. The first-order chi connectivity index (χ1) is 9.58. The van der Waals surface area contributed by atoms with Crippen LogP contribution in [0.5, 0.6) is 0 Å². The number of carbonyl (C=O) groups is 1. The Morgan fingerprint density at radius 3 is 2.65 bits per heavy atom. The number of aryl methyl sites for hydroxylation is 1. The molecule has 1 atom stereocenters. The van der Waals surface area contributed by atoms with E-state index in [2.05, 4.69) is 19.2 Å². The number of unbranched alkanes of at least 4 members (excludes halogenated alkanes) is 1. The summed E-state index contributed by atoms with van der Waals surface area (Å²) in [7, 11) is 0. The van der Waals surface area contributed by atoms with Crippen LogP contribution in [0.3, 0.4) is 0 Å². The van der Waals surface area contributed by atoms with Gasteiger partial charge in [0.05, 0.1) is 0 Å². The summed E-state index contributed by atoms with van der Waals surface area (Å²) in [6.45, 7) is 8.44. The summed E-state index contributed by atoms with van der Waals surface area (Å²) in [5.41, 5.74) is 8.22. The number of amides is 1. The van der Waals surface area contributed by atoms with Crippen molar-refractivity contribution in [3.63, 3.8) is 0 Å². The second kappa shape index (κ2) is 8.75. The Labute approximate surface area is 122 Å². The first kappa shape index (κ1) is 16.7. The first-order valence-corrected chi connectivity index (χ1v) is 7.68. The Balaban J connectivity index is 2.47. The maximum atomic E-state index is 11.1. The molecule has 0 aliphatic carbocycles. The van der Waals surface area contributed by atoms with E-state index in [4.69, 9.17) is 5.73 Å². The first-order valence-electron chi connectivity index (χ1n) is 7.68. The molecule has 0 bridgehead atoms. The van der Waals surface area contributed by atoms with Crippen molar-refractivity contribution in [2.45, 2.75) is 53.0 Å². The number of nitrogens with two attached hydrogens (primary N) is 1. The predicted octanol–water partition coefficient (Wildman–Crippen LogP) is 3.40. The summed E-state index contributed by atoms with van der Waals surface area (Å²) in [4.78, 5) is 11.1. The normalized spacial score (nSPS) is 12.3. The Morgan fingerprint density at radius 1 is 1.35 bits per heavy atom. The molecule has 1 aromatic rings. The van der Waals surface area contributed by atoms with Gasteiger partial charge in [0.2, 0.25) is 5.91 Å². The highest BCUT2D eigenvalue weighted by atomic mass is 16.1. The van der Waals surface area contributed by atoms with Crippen LogP contribution in [0, 0.1) is 12.8 Å². The summed E-state index contributed by atoms with van der Waals surface area (Å²) in [5.74, 6) is 0.401. The lowest BCUT2D eigenvalue weighted by molar-refractivity contribution is 0.1000. The van der Waals surface area contributed by atoms with E-state index < -0.39 is 0 Å². The lowest BCUT2D eigenvalue weighted by atomic mass is 9.99. The van der Waals surface area contributed by atoms with Gasteiger partial charge in [0.15, 0.2) is 0 Å². The zero-order valence-corrected chi connectivity index (χ0v) is 13.0. The van der Waals surface area contributed by atoms with Crippen LogP contribution < -0.4 is 11.1 Å². The van der Waals surface area contributed by atoms with Gasteiger partial charge in [-0.25, -0.2) is 0 Å². The zero-order valence-electron chi connectivity index (χ0n) is 13.0. The Hall–Kier alpha value is -1.35. The molecule has 0 radical (unpaired) electrons. The third-order valence-electron chi connectivity index (χ3n) is 3.92. The van der Waals surface area contributed by atoms with Crippen LogP contribution in [0.15, 0.2) is 18.2 Å². The number of nitrogens with one attached hydrogen (secondary N) is 1. The van der Waals surface area contributed by atoms with E-state index in [0.717, 1.165) is 24.6 Å². The standard InChI is InChI=1S/C17H28N2O/c1-4-6-7-14(5-2)11-19-12-16-9-8-15(17(18)20)10-13(16)3/h8-10,14,19H,4-7,11-12H2,1-3H3,(H2,18,20). The van der Waals surface area contributed by atoms with E-state index >= 15 is 0 Å². The molecule has 0 aliphatic rings. The zero-order chi connectivity index (χ0) is 15.0. The largest absolute Gasteiger partial charge is 0.366 e. The molecule has 20 heavy (non-hydrogen) atoms. The van der Waals surface area contributed by atoms with Crippen molar-refractivity contribution in [3.8, 4) is 0 Å². The molecule has 1 unspecified atom stereocenters. The fourth-order valence-corrected chi connectivity index (χ4v) is 2.40. The van der Waals surface area contributed by atoms with Crippen LogP contribution in [0.2, 0.25) is 0 Å². The highest BCUT2D eigenvalue weighted by Crippen LogP contribution is 2.13. The van der Waals surface area contributed by atoms with Gasteiger partial charge in [0.1, 0.15) is 0 Å². The lowest BCUT2D eigenvalue weighted by Gasteiger charge is -2.16. The van der Waals surface area contributed by atoms with Crippen LogP contribution >= 0.6 is 0 Å². The van der Waals surface area contributed by atoms with E-state index in [1.54, 1.807) is 6.07 Å². The van der Waals surface area contributed by atoms with Gasteiger partial charge in [0, 0.05) is 12.1 Å². The average molecular weight is 276 g/mol. The molecule has 0 aliphatic heterocycles. The van der Waals surface area contributed by atoms with Gasteiger partial charge >= 0.3 is 0 Å². The number of benzene rings is 1. The number of hydrogen-bond acceptors (Lipinski definition) is 2. The monoisotopic (exact) mass is 276 g/mol. The van der Waals surface area contributed by atoms with Crippen LogP contribution in [0.25, 0.3) is 0 Å². The molecule has 0 fully saturated rings. The van der Waals surface area contributed by atoms with Crippen molar-refractivity contribution in [2.75, 3.05) is 6.54 Å². The maximum Gasteiger partial charge on any atom is 0.248 e. The SMILES string of the molecule is CCCCC(CC)CNCc1ccc(C(N)=O)cc1C. The minimum absolute atomic E-state index is 0.363. The highest BCUT2D eigenvalue weighted by Gasteiger charge is 2.07. The summed E-state index contributed by atoms with van der Waals surface area (Å²) in [6, 6.07) is 5.67. The van der Waals surface area contributed by atoms with Gasteiger partial charge in [-0.2, -0.15) is 0 Å². The Kier molecular flexibility index (Phi) is 7.31. The third kappa shape index (κ3) is 5.33. The van der Waals surface area contributed by atoms with E-state index in [1.165, 1.54) is 31.2 Å². The molecular formula is C17H28N2O. The van der Waals surface area contributed by atoms with Crippen molar-refractivity contribution in [1.29, 1.82) is 0 Å². The maximum absolute atomic E-state index is 11.1. The molecule has 1 rings (SSSR count). The molecule has 112 valence electrons. The minimum atomic E-state index is -0.363. The summed E-state index contributed by atoms with van der Waals surface area (Å²) >= 11 is 0. The fourth-order valence-electron chi connectivity index (χ4n) is 2.40. The number of rotatable bonds is 9. The van der Waals surface area contributed by atoms with Gasteiger partial charge in [-0.1, -0.05) is 39.2 Å². The van der Waals surface area contributed by atoms with Gasteiger partial charge in [-0.05, 0) is 49.1 Å². The quantitative estimate of drug-likeness (QED) is 0.726. The van der Waals surface area contributed by atoms with Crippen molar-refractivity contribution < 1.29 is 4.79 Å². The van der Waals surface area contributed by atoms with Crippen molar-refractivity contribution in [1.82, 2.24) is 5.32 Å². The van der Waals surface area contributed by atoms with Crippen LogP contribution in [0.1, 0.15) is 61.0 Å². The summed E-state index contributed by atoms with van der Waals surface area (Å²) < 4.78 is 0. The molecule has 3 N–H and O–H groups in total. The Bertz CT molecular complexity index is 429. The van der Waals surface area contributed by atoms with Gasteiger partial charge in [0.25, 0.3) is 0 Å². The number of carbonyl (C=O) groups excluding carboxylic acids is 1. The topological polar surface area (TPSA) is 55.1 Å². The molecule has 0 aromatic heterocycles. The summed E-state index contributed by atoms with van der Waals surface area (Å²) in [6.07, 6.45) is 5.11. The van der Waals surface area contributed by atoms with Crippen molar-refractivity contribution >= 4 is 5.91 Å². The van der Waals surface area contributed by atoms with Crippen molar-refractivity contribution in [2.24, 2.45) is 11.7 Å². The van der Waals surface area contributed by atoms with E-state index in [1.807, 2.05) is 19.1 Å². The second-order valence-corrected chi connectivity index (χ2v) is 5.55. The second-order valence-electron chi connectivity index (χ2n) is 5.55. The number of hydrogen-bond donors (Lipinski definition) is 2. The molecule has 0 spiro atoms. The molecule has 3 heteroatoms.